The van der Waals surface area contributed by atoms with Gasteiger partial charge in [0.05, 0.1) is 6.33 Å². The van der Waals surface area contributed by atoms with E-state index in [0.29, 0.717) is 12.2 Å². The minimum absolute atomic E-state index is 0.158. The van der Waals surface area contributed by atoms with E-state index in [0.717, 1.165) is 6.42 Å². The number of carbonyl (C=O) groups is 1. The molecule has 15 heavy (non-hydrogen) atoms. The second-order valence-electron chi connectivity index (χ2n) is 4.30. The van der Waals surface area contributed by atoms with Gasteiger partial charge >= 0.3 is 0 Å². The number of imidazole rings is 1. The molecule has 0 unspecified atom stereocenters. The van der Waals surface area contributed by atoms with E-state index in [4.69, 9.17) is 5.73 Å². The molecule has 0 fully saturated rings. The number of hydrogen-bond donors (Lipinski definition) is 2. The first kappa shape index (κ1) is 11.7. The van der Waals surface area contributed by atoms with Crippen LogP contribution in [-0.4, -0.2) is 27.5 Å². The molecule has 3 N–H and O–H groups in total. The third-order valence-electron chi connectivity index (χ3n) is 2.16. The predicted octanol–water partition coefficient (Wildman–Crippen LogP) is 0.277. The van der Waals surface area contributed by atoms with Crippen LogP contribution in [0.2, 0.25) is 0 Å². The third-order valence-corrected chi connectivity index (χ3v) is 2.16. The number of nitrogens with zero attached hydrogens (tertiary/aromatic N) is 2. The Balaban J connectivity index is 2.63. The van der Waals surface area contributed by atoms with Crippen LogP contribution in [0.4, 0.5) is 0 Å². The van der Waals surface area contributed by atoms with Gasteiger partial charge in [-0.2, -0.15) is 0 Å². The molecule has 5 heteroatoms. The standard InChI is InChI=1S/C10H18N4O/c1-10(2,4-5-11)13-9(15)8-6-14(3)7-12-8/h6-7H,4-5,11H2,1-3H3,(H,13,15). The molecule has 0 spiro atoms. The molecule has 0 aliphatic rings. The molecule has 5 nitrogen and oxygen atoms in total. The molecule has 1 amide bonds. The minimum atomic E-state index is -0.288. The smallest absolute Gasteiger partial charge is 0.271 e. The summed E-state index contributed by atoms with van der Waals surface area (Å²) in [5.74, 6) is -0.158. The second-order valence-corrected chi connectivity index (χ2v) is 4.30. The summed E-state index contributed by atoms with van der Waals surface area (Å²) in [6.07, 6.45) is 4.03. The lowest BCUT2D eigenvalue weighted by Crippen LogP contribution is -2.44. The molecule has 0 aromatic carbocycles. The maximum Gasteiger partial charge on any atom is 0.271 e. The fourth-order valence-electron chi connectivity index (χ4n) is 1.32. The molecule has 0 atom stereocenters. The maximum atomic E-state index is 11.7. The van der Waals surface area contributed by atoms with Crippen molar-refractivity contribution in [3.8, 4) is 0 Å². The molecule has 84 valence electrons. The Bertz CT molecular complexity index is 343. The van der Waals surface area contributed by atoms with Crippen molar-refractivity contribution in [1.82, 2.24) is 14.9 Å². The van der Waals surface area contributed by atoms with Crippen LogP contribution in [0.15, 0.2) is 12.5 Å². The van der Waals surface area contributed by atoms with Gasteiger partial charge in [-0.1, -0.05) is 0 Å². The first-order valence-electron chi connectivity index (χ1n) is 4.95. The molecule has 0 saturated heterocycles. The first-order chi connectivity index (χ1) is 6.94. The van der Waals surface area contributed by atoms with Gasteiger partial charge in [-0.15, -0.1) is 0 Å². The van der Waals surface area contributed by atoms with E-state index in [2.05, 4.69) is 10.3 Å². The summed E-state index contributed by atoms with van der Waals surface area (Å²) in [6, 6.07) is 0. The van der Waals surface area contributed by atoms with Crippen molar-refractivity contribution in [1.29, 1.82) is 0 Å². The molecule has 0 aliphatic carbocycles. The SMILES string of the molecule is Cn1cnc(C(=O)NC(C)(C)CCN)c1. The van der Waals surface area contributed by atoms with Crippen molar-refractivity contribution in [3.05, 3.63) is 18.2 Å². The first-order valence-corrected chi connectivity index (χ1v) is 4.95. The number of nitrogens with one attached hydrogen (secondary N) is 1. The summed E-state index contributed by atoms with van der Waals surface area (Å²) in [7, 11) is 1.83. The Morgan fingerprint density at radius 1 is 1.67 bits per heavy atom. The molecule has 1 aromatic rings. The van der Waals surface area contributed by atoms with Gasteiger partial charge in [0.25, 0.3) is 5.91 Å². The molecule has 0 radical (unpaired) electrons. The molecule has 0 saturated carbocycles. The highest BCUT2D eigenvalue weighted by atomic mass is 16.2. The zero-order valence-corrected chi connectivity index (χ0v) is 9.45. The van der Waals surface area contributed by atoms with Gasteiger partial charge in [-0.3, -0.25) is 4.79 Å². The fraction of sp³-hybridized carbons (Fsp3) is 0.600. The molecule has 0 aliphatic heterocycles. The van der Waals surface area contributed by atoms with E-state index >= 15 is 0 Å². The van der Waals surface area contributed by atoms with Crippen molar-refractivity contribution >= 4 is 5.91 Å². The highest BCUT2D eigenvalue weighted by molar-refractivity contribution is 5.92. The van der Waals surface area contributed by atoms with Crippen molar-refractivity contribution in [2.24, 2.45) is 12.8 Å². The van der Waals surface area contributed by atoms with E-state index < -0.39 is 0 Å². The lowest BCUT2D eigenvalue weighted by Gasteiger charge is -2.24. The van der Waals surface area contributed by atoms with Gasteiger partial charge in [-0.25, -0.2) is 4.98 Å². The maximum absolute atomic E-state index is 11.7. The number of nitrogens with two attached hydrogens (primary N) is 1. The van der Waals surface area contributed by atoms with E-state index in [9.17, 15) is 4.79 Å². The van der Waals surface area contributed by atoms with Gasteiger partial charge in [-0.05, 0) is 26.8 Å². The number of aromatic nitrogens is 2. The quantitative estimate of drug-likeness (QED) is 0.749. The second kappa shape index (κ2) is 4.44. The van der Waals surface area contributed by atoms with Crippen molar-refractivity contribution < 1.29 is 4.79 Å². The number of amides is 1. The van der Waals surface area contributed by atoms with Crippen LogP contribution in [0.5, 0.6) is 0 Å². The van der Waals surface area contributed by atoms with Crippen LogP contribution in [-0.2, 0) is 7.05 Å². The number of aryl methyl sites for hydroxylation is 1. The van der Waals surface area contributed by atoms with Gasteiger partial charge in [0.1, 0.15) is 5.69 Å². The van der Waals surface area contributed by atoms with Crippen LogP contribution in [0, 0.1) is 0 Å². The number of rotatable bonds is 4. The fourth-order valence-corrected chi connectivity index (χ4v) is 1.32. The normalized spacial score (nSPS) is 11.5. The van der Waals surface area contributed by atoms with Gasteiger partial charge < -0.3 is 15.6 Å². The molecule has 0 bridgehead atoms. The Morgan fingerprint density at radius 3 is 2.80 bits per heavy atom. The van der Waals surface area contributed by atoms with Crippen LogP contribution in [0.25, 0.3) is 0 Å². The average molecular weight is 210 g/mol. The zero-order chi connectivity index (χ0) is 11.5. The number of carbonyl (C=O) groups excluding carboxylic acids is 1. The lowest BCUT2D eigenvalue weighted by molar-refractivity contribution is 0.0905. The van der Waals surface area contributed by atoms with E-state index in [1.165, 1.54) is 0 Å². The average Bonchev–Trinajstić information content (AvgIpc) is 2.50. The molecular weight excluding hydrogens is 192 g/mol. The summed E-state index contributed by atoms with van der Waals surface area (Å²) >= 11 is 0. The van der Waals surface area contributed by atoms with Crippen LogP contribution >= 0.6 is 0 Å². The largest absolute Gasteiger partial charge is 0.346 e. The van der Waals surface area contributed by atoms with Crippen LogP contribution < -0.4 is 11.1 Å². The molecular formula is C10H18N4O. The molecule has 1 heterocycles. The monoisotopic (exact) mass is 210 g/mol. The topological polar surface area (TPSA) is 72.9 Å². The zero-order valence-electron chi connectivity index (χ0n) is 9.45. The van der Waals surface area contributed by atoms with Gasteiger partial charge in [0, 0.05) is 18.8 Å². The number of hydrogen-bond acceptors (Lipinski definition) is 3. The third kappa shape index (κ3) is 3.36. The molecule has 1 rings (SSSR count). The Hall–Kier alpha value is -1.36. The van der Waals surface area contributed by atoms with E-state index in [1.807, 2.05) is 20.9 Å². The highest BCUT2D eigenvalue weighted by Crippen LogP contribution is 2.08. The van der Waals surface area contributed by atoms with Crippen molar-refractivity contribution in [3.63, 3.8) is 0 Å². The summed E-state index contributed by atoms with van der Waals surface area (Å²) in [4.78, 5) is 15.7. The van der Waals surface area contributed by atoms with E-state index in [1.54, 1.807) is 17.1 Å². The Morgan fingerprint density at radius 2 is 2.33 bits per heavy atom. The Kier molecular flexibility index (Phi) is 3.47. The van der Waals surface area contributed by atoms with Crippen molar-refractivity contribution in [2.75, 3.05) is 6.54 Å². The van der Waals surface area contributed by atoms with Crippen molar-refractivity contribution in [2.45, 2.75) is 25.8 Å². The van der Waals surface area contributed by atoms with Crippen LogP contribution in [0.3, 0.4) is 0 Å². The summed E-state index contributed by atoms with van der Waals surface area (Å²) < 4.78 is 1.74. The lowest BCUT2D eigenvalue weighted by atomic mass is 10.0. The summed E-state index contributed by atoms with van der Waals surface area (Å²) in [5.41, 5.74) is 5.61. The van der Waals surface area contributed by atoms with E-state index in [-0.39, 0.29) is 11.4 Å². The highest BCUT2D eigenvalue weighted by Gasteiger charge is 2.21. The Labute approximate surface area is 89.7 Å². The van der Waals surface area contributed by atoms with Gasteiger partial charge in [0.15, 0.2) is 0 Å². The minimum Gasteiger partial charge on any atom is -0.346 e. The van der Waals surface area contributed by atoms with Gasteiger partial charge in [0.2, 0.25) is 0 Å². The predicted molar refractivity (Wildman–Crippen MR) is 58.4 cm³/mol. The molecule has 1 aromatic heterocycles. The summed E-state index contributed by atoms with van der Waals surface area (Å²) in [5, 5.41) is 2.89. The summed E-state index contributed by atoms with van der Waals surface area (Å²) in [6.45, 7) is 4.44. The van der Waals surface area contributed by atoms with Crippen LogP contribution in [0.1, 0.15) is 30.8 Å².